The molecule has 1 heterocycles. The minimum absolute atomic E-state index is 0.0579. The Morgan fingerprint density at radius 1 is 1.35 bits per heavy atom. The van der Waals surface area contributed by atoms with Gasteiger partial charge >= 0.3 is 0 Å². The first kappa shape index (κ1) is 15.5. The van der Waals surface area contributed by atoms with Crippen LogP contribution in [0.1, 0.15) is 27.2 Å². The summed E-state index contributed by atoms with van der Waals surface area (Å²) in [7, 11) is -1.80. The highest BCUT2D eigenvalue weighted by molar-refractivity contribution is 8.00. The lowest BCUT2D eigenvalue weighted by Crippen LogP contribution is -2.47. The van der Waals surface area contributed by atoms with Crippen LogP contribution in [0.3, 0.4) is 0 Å². The zero-order valence-corrected chi connectivity index (χ0v) is 13.4. The highest BCUT2D eigenvalue weighted by Crippen LogP contribution is 2.40. The van der Waals surface area contributed by atoms with Gasteiger partial charge in [-0.25, -0.2) is 0 Å². The van der Waals surface area contributed by atoms with Gasteiger partial charge in [0, 0.05) is 17.6 Å². The smallest absolute Gasteiger partial charge is 0.192 e. The molecule has 1 saturated heterocycles. The minimum atomic E-state index is -1.80. The van der Waals surface area contributed by atoms with Gasteiger partial charge in [-0.15, -0.1) is 0 Å². The molecule has 0 saturated carbocycles. The predicted molar refractivity (Wildman–Crippen MR) is 76.0 cm³/mol. The predicted octanol–water partition coefficient (Wildman–Crippen LogP) is 2.24. The maximum absolute atomic E-state index is 10.2. The van der Waals surface area contributed by atoms with Crippen LogP contribution in [0.15, 0.2) is 0 Å². The molecule has 0 aliphatic carbocycles. The Bertz CT molecular complexity index is 253. The fourth-order valence-corrected chi connectivity index (χ4v) is 4.50. The molecule has 5 heteroatoms. The summed E-state index contributed by atoms with van der Waals surface area (Å²) in [5.74, 6) is 0.846. The van der Waals surface area contributed by atoms with E-state index < -0.39 is 14.4 Å². The molecule has 17 heavy (non-hydrogen) atoms. The minimum Gasteiger partial charge on any atom is -0.410 e. The van der Waals surface area contributed by atoms with Gasteiger partial charge in [0.05, 0.1) is 12.2 Å². The van der Waals surface area contributed by atoms with Crippen molar-refractivity contribution in [1.29, 1.82) is 0 Å². The molecule has 0 unspecified atom stereocenters. The van der Waals surface area contributed by atoms with Crippen molar-refractivity contribution in [2.45, 2.75) is 62.8 Å². The zero-order valence-electron chi connectivity index (χ0n) is 11.6. The number of hydrogen-bond acceptors (Lipinski definition) is 4. The Morgan fingerprint density at radius 2 is 1.94 bits per heavy atom. The second-order valence-corrected chi connectivity index (χ2v) is 12.3. The number of rotatable bonds is 4. The van der Waals surface area contributed by atoms with Crippen molar-refractivity contribution < 1.29 is 14.6 Å². The molecule has 1 rings (SSSR count). The average molecular weight is 278 g/mol. The van der Waals surface area contributed by atoms with Gasteiger partial charge in [-0.05, 0) is 24.6 Å². The monoisotopic (exact) mass is 278 g/mol. The maximum atomic E-state index is 10.2. The van der Waals surface area contributed by atoms with E-state index in [2.05, 4.69) is 33.9 Å². The van der Waals surface area contributed by atoms with Crippen molar-refractivity contribution in [3.8, 4) is 0 Å². The van der Waals surface area contributed by atoms with Gasteiger partial charge < -0.3 is 14.6 Å². The van der Waals surface area contributed by atoms with Crippen LogP contribution in [0.25, 0.3) is 0 Å². The third-order valence-electron chi connectivity index (χ3n) is 3.90. The molecule has 0 amide bonds. The van der Waals surface area contributed by atoms with Crippen molar-refractivity contribution >= 4 is 20.1 Å². The zero-order chi connectivity index (χ0) is 13.3. The van der Waals surface area contributed by atoms with Gasteiger partial charge in [0.2, 0.25) is 0 Å². The van der Waals surface area contributed by atoms with E-state index in [0.29, 0.717) is 6.42 Å². The number of hydrogen-bond donors (Lipinski definition) is 2. The molecule has 0 aromatic heterocycles. The maximum Gasteiger partial charge on any atom is 0.192 e. The first-order valence-electron chi connectivity index (χ1n) is 6.27. The van der Waals surface area contributed by atoms with E-state index in [1.165, 1.54) is 0 Å². The lowest BCUT2D eigenvalue weighted by Gasteiger charge is -2.39. The average Bonchev–Trinajstić information content (AvgIpc) is 2.48. The van der Waals surface area contributed by atoms with Gasteiger partial charge in [0.15, 0.2) is 8.32 Å². The van der Waals surface area contributed by atoms with Crippen molar-refractivity contribution in [3.63, 3.8) is 0 Å². The third-order valence-corrected chi connectivity index (χ3v) is 9.87. The Morgan fingerprint density at radius 3 is 2.41 bits per heavy atom. The summed E-state index contributed by atoms with van der Waals surface area (Å²) < 4.78 is 6.24. The van der Waals surface area contributed by atoms with Crippen molar-refractivity contribution in [3.05, 3.63) is 0 Å². The lowest BCUT2D eigenvalue weighted by molar-refractivity contribution is 0.0450. The van der Waals surface area contributed by atoms with E-state index >= 15 is 0 Å². The van der Waals surface area contributed by atoms with E-state index in [1.54, 1.807) is 11.8 Å². The van der Waals surface area contributed by atoms with Crippen molar-refractivity contribution in [1.82, 2.24) is 0 Å². The standard InChI is InChI=1S/C12H26O3SSi/c1-12(2,3)17(4,5)15-9-8-16-10(6-7-13)11(9)14/h9-11,13-14H,6-8H2,1-5H3/t9-,10-,11-/m1/s1. The first-order chi connectivity index (χ1) is 7.69. The van der Waals surface area contributed by atoms with Gasteiger partial charge in [0.25, 0.3) is 0 Å². The van der Waals surface area contributed by atoms with E-state index in [1.807, 2.05) is 0 Å². The van der Waals surface area contributed by atoms with Crippen LogP contribution >= 0.6 is 11.8 Å². The summed E-state index contributed by atoms with van der Waals surface area (Å²) in [4.78, 5) is 0. The molecule has 2 N–H and O–H groups in total. The first-order valence-corrected chi connectivity index (χ1v) is 10.2. The van der Waals surface area contributed by atoms with Crippen LogP contribution in [-0.4, -0.2) is 48.3 Å². The molecule has 0 bridgehead atoms. The largest absolute Gasteiger partial charge is 0.410 e. The van der Waals surface area contributed by atoms with Gasteiger partial charge in [0.1, 0.15) is 0 Å². The van der Waals surface area contributed by atoms with Crippen LogP contribution in [0.2, 0.25) is 18.1 Å². The Balaban J connectivity index is 2.59. The number of aliphatic hydroxyl groups excluding tert-OH is 2. The fourth-order valence-electron chi connectivity index (χ4n) is 1.70. The fraction of sp³-hybridized carbons (Fsp3) is 1.00. The normalized spacial score (nSPS) is 30.9. The molecule has 1 fully saturated rings. The summed E-state index contributed by atoms with van der Waals surface area (Å²) in [5, 5.41) is 19.4. The van der Waals surface area contributed by atoms with Crippen molar-refractivity contribution in [2.24, 2.45) is 0 Å². The van der Waals surface area contributed by atoms with Crippen LogP contribution in [0.5, 0.6) is 0 Å². The summed E-state index contributed by atoms with van der Waals surface area (Å²) in [6.07, 6.45) is 0.169. The van der Waals surface area contributed by atoms with Gasteiger partial charge in [-0.1, -0.05) is 20.8 Å². The molecule has 0 aromatic rings. The topological polar surface area (TPSA) is 49.7 Å². The van der Waals surface area contributed by atoms with Crippen LogP contribution in [0, 0.1) is 0 Å². The highest BCUT2D eigenvalue weighted by atomic mass is 32.2. The van der Waals surface area contributed by atoms with E-state index in [9.17, 15) is 5.11 Å². The van der Waals surface area contributed by atoms with Crippen LogP contribution < -0.4 is 0 Å². The number of aliphatic hydroxyl groups is 2. The molecule has 3 nitrogen and oxygen atoms in total. The second-order valence-electron chi connectivity index (χ2n) is 6.29. The molecule has 1 aliphatic heterocycles. The summed E-state index contributed by atoms with van der Waals surface area (Å²) >= 11 is 1.72. The summed E-state index contributed by atoms with van der Waals surface area (Å²) in [5.41, 5.74) is 0. The van der Waals surface area contributed by atoms with Gasteiger partial charge in [-0.2, -0.15) is 11.8 Å². The highest BCUT2D eigenvalue weighted by Gasteiger charge is 2.44. The Hall–Kier alpha value is 0.447. The molecule has 0 aromatic carbocycles. The third kappa shape index (κ3) is 3.70. The van der Waals surface area contributed by atoms with Gasteiger partial charge in [-0.3, -0.25) is 0 Å². The van der Waals surface area contributed by atoms with E-state index in [4.69, 9.17) is 9.53 Å². The molecular formula is C12H26O3SSi. The summed E-state index contributed by atoms with van der Waals surface area (Å²) in [6.45, 7) is 11.2. The molecular weight excluding hydrogens is 252 g/mol. The van der Waals surface area contributed by atoms with E-state index in [-0.39, 0.29) is 23.0 Å². The van der Waals surface area contributed by atoms with Crippen LogP contribution in [-0.2, 0) is 4.43 Å². The molecule has 0 spiro atoms. The van der Waals surface area contributed by atoms with Crippen LogP contribution in [0.4, 0.5) is 0 Å². The molecule has 102 valence electrons. The Kier molecular flexibility index (Phi) is 5.12. The number of thioether (sulfide) groups is 1. The molecule has 1 aliphatic rings. The Labute approximate surface area is 110 Å². The molecule has 3 atom stereocenters. The SMILES string of the molecule is CC(C)(C)[Si](C)(C)O[C@@H]1CS[C@H](CCO)[C@@H]1O. The van der Waals surface area contributed by atoms with E-state index in [0.717, 1.165) is 5.75 Å². The quantitative estimate of drug-likeness (QED) is 0.774. The summed E-state index contributed by atoms with van der Waals surface area (Å²) in [6, 6.07) is 0. The van der Waals surface area contributed by atoms with Crippen molar-refractivity contribution in [2.75, 3.05) is 12.4 Å². The lowest BCUT2D eigenvalue weighted by atomic mass is 10.1. The second kappa shape index (κ2) is 5.61. The molecule has 0 radical (unpaired) electrons.